The highest BCUT2D eigenvalue weighted by molar-refractivity contribution is 9.10. The highest BCUT2D eigenvalue weighted by atomic mass is 79.9. The molecule has 1 atom stereocenters. The monoisotopic (exact) mass is 448 g/mol. The van der Waals surface area contributed by atoms with E-state index in [4.69, 9.17) is 4.74 Å². The molecule has 1 aliphatic rings. The Morgan fingerprint density at radius 1 is 0.862 bits per heavy atom. The summed E-state index contributed by atoms with van der Waals surface area (Å²) in [6.07, 6.45) is 0. The summed E-state index contributed by atoms with van der Waals surface area (Å²) in [7, 11) is 3.13. The summed E-state index contributed by atoms with van der Waals surface area (Å²) < 4.78 is 9.65. The zero-order valence-corrected chi connectivity index (χ0v) is 17.4. The zero-order valence-electron chi connectivity index (χ0n) is 15.8. The Bertz CT molecular complexity index is 1400. The molecule has 1 aliphatic heterocycles. The van der Waals surface area contributed by atoms with E-state index >= 15 is 0 Å². The highest BCUT2D eigenvalue weighted by Crippen LogP contribution is 2.48. The SMILES string of the molecule is Cn1c2c(c(=O)n(C)c1=O)C(c1ccc(Br)cc1)c1c(ccc3ccccc13)O2. The van der Waals surface area contributed by atoms with Crippen molar-refractivity contribution in [1.82, 2.24) is 9.13 Å². The van der Waals surface area contributed by atoms with Gasteiger partial charge in [0.1, 0.15) is 5.75 Å². The lowest BCUT2D eigenvalue weighted by Crippen LogP contribution is -2.41. The number of aromatic nitrogens is 2. The van der Waals surface area contributed by atoms with Crippen LogP contribution in [0.25, 0.3) is 10.8 Å². The van der Waals surface area contributed by atoms with Crippen LogP contribution in [0, 0.1) is 0 Å². The molecule has 0 bridgehead atoms. The summed E-state index contributed by atoms with van der Waals surface area (Å²) >= 11 is 3.48. The second-order valence-electron chi connectivity index (χ2n) is 7.21. The van der Waals surface area contributed by atoms with E-state index in [9.17, 15) is 9.59 Å². The summed E-state index contributed by atoms with van der Waals surface area (Å²) in [5.74, 6) is 0.611. The second-order valence-corrected chi connectivity index (χ2v) is 8.13. The number of ether oxygens (including phenoxy) is 1. The first-order valence-corrected chi connectivity index (χ1v) is 10.0. The second kappa shape index (κ2) is 6.46. The van der Waals surface area contributed by atoms with Gasteiger partial charge in [-0.25, -0.2) is 4.79 Å². The van der Waals surface area contributed by atoms with Crippen molar-refractivity contribution in [3.8, 4) is 11.6 Å². The van der Waals surface area contributed by atoms with Gasteiger partial charge in [-0.3, -0.25) is 13.9 Å². The van der Waals surface area contributed by atoms with Crippen LogP contribution in [0.4, 0.5) is 0 Å². The Balaban J connectivity index is 1.94. The number of benzene rings is 3. The molecule has 5 nitrogen and oxygen atoms in total. The molecule has 1 unspecified atom stereocenters. The number of hydrogen-bond acceptors (Lipinski definition) is 3. The minimum Gasteiger partial charge on any atom is -0.440 e. The van der Waals surface area contributed by atoms with Gasteiger partial charge < -0.3 is 4.74 Å². The molecule has 29 heavy (non-hydrogen) atoms. The van der Waals surface area contributed by atoms with Gasteiger partial charge in [0.05, 0.1) is 5.56 Å². The Morgan fingerprint density at radius 2 is 1.59 bits per heavy atom. The van der Waals surface area contributed by atoms with Gasteiger partial charge in [0.25, 0.3) is 5.56 Å². The molecule has 2 heterocycles. The van der Waals surface area contributed by atoms with Crippen LogP contribution in [-0.4, -0.2) is 9.13 Å². The van der Waals surface area contributed by atoms with Gasteiger partial charge in [0.2, 0.25) is 5.88 Å². The highest BCUT2D eigenvalue weighted by Gasteiger charge is 2.35. The van der Waals surface area contributed by atoms with Crippen molar-refractivity contribution < 1.29 is 4.74 Å². The van der Waals surface area contributed by atoms with Crippen molar-refractivity contribution in [2.24, 2.45) is 14.1 Å². The van der Waals surface area contributed by atoms with Gasteiger partial charge in [0.15, 0.2) is 0 Å². The maximum atomic E-state index is 13.2. The Kier molecular flexibility index (Phi) is 3.99. The molecule has 1 aromatic heterocycles. The van der Waals surface area contributed by atoms with Crippen molar-refractivity contribution in [2.75, 3.05) is 0 Å². The molecule has 144 valence electrons. The lowest BCUT2D eigenvalue weighted by Gasteiger charge is -2.30. The molecule has 0 saturated carbocycles. The van der Waals surface area contributed by atoms with Crippen LogP contribution in [0.1, 0.15) is 22.6 Å². The molecule has 5 rings (SSSR count). The molecule has 0 saturated heterocycles. The number of halogens is 1. The predicted octanol–water partition coefficient (Wildman–Crippen LogP) is 4.29. The van der Waals surface area contributed by atoms with E-state index in [-0.39, 0.29) is 11.5 Å². The van der Waals surface area contributed by atoms with Crippen LogP contribution >= 0.6 is 15.9 Å². The van der Waals surface area contributed by atoms with Crippen molar-refractivity contribution in [3.05, 3.63) is 103 Å². The zero-order chi connectivity index (χ0) is 20.3. The third-order valence-electron chi connectivity index (χ3n) is 5.56. The largest absolute Gasteiger partial charge is 0.440 e. The third kappa shape index (κ3) is 2.59. The number of nitrogens with zero attached hydrogens (tertiary/aromatic N) is 2. The van der Waals surface area contributed by atoms with Crippen LogP contribution in [0.15, 0.2) is 74.7 Å². The summed E-state index contributed by atoms with van der Waals surface area (Å²) in [6, 6.07) is 19.9. The molecule has 0 N–H and O–H groups in total. The van der Waals surface area contributed by atoms with Crippen LogP contribution in [0.2, 0.25) is 0 Å². The van der Waals surface area contributed by atoms with E-state index < -0.39 is 5.69 Å². The fourth-order valence-corrected chi connectivity index (χ4v) is 4.39. The van der Waals surface area contributed by atoms with Gasteiger partial charge in [-0.05, 0) is 34.5 Å². The average molecular weight is 449 g/mol. The first kappa shape index (κ1) is 17.9. The van der Waals surface area contributed by atoms with Crippen LogP contribution in [-0.2, 0) is 14.1 Å². The third-order valence-corrected chi connectivity index (χ3v) is 6.09. The normalized spacial score (nSPS) is 14.9. The Hall–Kier alpha value is -3.12. The summed E-state index contributed by atoms with van der Waals surface area (Å²) in [6.45, 7) is 0. The molecule has 0 fully saturated rings. The topological polar surface area (TPSA) is 53.2 Å². The molecular formula is C23H17BrN2O3. The molecule has 0 amide bonds. The lowest BCUT2D eigenvalue weighted by molar-refractivity contribution is 0.396. The van der Waals surface area contributed by atoms with Gasteiger partial charge in [0, 0.05) is 30.0 Å². The van der Waals surface area contributed by atoms with Gasteiger partial charge >= 0.3 is 5.69 Å². The molecule has 3 aromatic carbocycles. The first-order valence-electron chi connectivity index (χ1n) is 9.22. The first-order chi connectivity index (χ1) is 14.0. The maximum absolute atomic E-state index is 13.2. The van der Waals surface area contributed by atoms with E-state index in [1.165, 1.54) is 11.6 Å². The summed E-state index contributed by atoms with van der Waals surface area (Å²) in [5.41, 5.74) is 1.63. The number of hydrogen-bond donors (Lipinski definition) is 0. The Morgan fingerprint density at radius 3 is 2.34 bits per heavy atom. The average Bonchev–Trinajstić information content (AvgIpc) is 2.75. The minimum atomic E-state index is -0.410. The van der Waals surface area contributed by atoms with Crippen LogP contribution in [0.3, 0.4) is 0 Å². The fraction of sp³-hybridized carbons (Fsp3) is 0.130. The predicted molar refractivity (Wildman–Crippen MR) is 116 cm³/mol. The fourth-order valence-electron chi connectivity index (χ4n) is 4.12. The van der Waals surface area contributed by atoms with E-state index in [1.807, 2.05) is 60.7 Å². The molecule has 6 heteroatoms. The van der Waals surface area contributed by atoms with E-state index in [0.29, 0.717) is 17.2 Å². The molecule has 0 aliphatic carbocycles. The van der Waals surface area contributed by atoms with Gasteiger partial charge in [-0.15, -0.1) is 0 Å². The van der Waals surface area contributed by atoms with Crippen LogP contribution < -0.4 is 16.0 Å². The molecular weight excluding hydrogens is 432 g/mol. The summed E-state index contributed by atoms with van der Waals surface area (Å²) in [4.78, 5) is 25.8. The van der Waals surface area contributed by atoms with Crippen LogP contribution in [0.5, 0.6) is 11.6 Å². The van der Waals surface area contributed by atoms with Gasteiger partial charge in [-0.2, -0.15) is 0 Å². The summed E-state index contributed by atoms with van der Waals surface area (Å²) in [5, 5.41) is 2.10. The number of fused-ring (bicyclic) bond motifs is 4. The smallest absolute Gasteiger partial charge is 0.333 e. The van der Waals surface area contributed by atoms with E-state index in [2.05, 4.69) is 15.9 Å². The van der Waals surface area contributed by atoms with Crippen molar-refractivity contribution >= 4 is 26.7 Å². The lowest BCUT2D eigenvalue weighted by atomic mass is 9.81. The van der Waals surface area contributed by atoms with Crippen molar-refractivity contribution in [3.63, 3.8) is 0 Å². The maximum Gasteiger partial charge on any atom is 0.333 e. The van der Waals surface area contributed by atoms with Gasteiger partial charge in [-0.1, -0.05) is 58.4 Å². The van der Waals surface area contributed by atoms with E-state index in [1.54, 1.807) is 7.05 Å². The molecule has 0 radical (unpaired) electrons. The van der Waals surface area contributed by atoms with Crippen molar-refractivity contribution in [2.45, 2.75) is 5.92 Å². The molecule has 4 aromatic rings. The van der Waals surface area contributed by atoms with Crippen molar-refractivity contribution in [1.29, 1.82) is 0 Å². The quantitative estimate of drug-likeness (QED) is 0.384. The standard InChI is InChI=1S/C23H17BrN2O3/c1-25-21(27)20-18(14-7-10-15(24)11-8-14)19-16-6-4-3-5-13(16)9-12-17(19)29-22(20)26(2)23(25)28/h3-12,18H,1-2H3. The van der Waals surface area contributed by atoms with E-state index in [0.717, 1.165) is 30.9 Å². The molecule has 0 spiro atoms. The Labute approximate surface area is 174 Å². The number of rotatable bonds is 1. The minimum absolute atomic E-state index is 0.300.